The summed E-state index contributed by atoms with van der Waals surface area (Å²) in [5, 5.41) is 8.59. The quantitative estimate of drug-likeness (QED) is 0.129. The number of Topliss-reactive ketones (excluding diaryl/α,β-unsaturated/α-hetero) is 2. The molecule has 2 aromatic heterocycles. The molecule has 10 nitrogen and oxygen atoms in total. The van der Waals surface area contributed by atoms with Crippen LogP contribution in [0.3, 0.4) is 0 Å². The van der Waals surface area contributed by atoms with E-state index in [0.717, 1.165) is 22.5 Å². The standard InChI is InChI=1S/2C17H13N3O2.Mn/c2*1-11-4-6-13(7-5-11)19-20-15-9-12(10-21)17(22)16-14(15)3-2-8-18-16;/h2*2-10,19H,1H3;/b2*20-15-;. The second kappa shape index (κ2) is 14.7. The molecular formula is C34H26MnN6O4. The van der Waals surface area contributed by atoms with Crippen LogP contribution in [0.5, 0.6) is 0 Å². The molecule has 2 aliphatic rings. The number of nitrogens with one attached hydrogen (secondary N) is 2. The summed E-state index contributed by atoms with van der Waals surface area (Å²) in [6, 6.07) is 22.5. The fraction of sp³-hybridized carbons (Fsp3) is 0.0588. The third-order valence-electron chi connectivity index (χ3n) is 6.67. The van der Waals surface area contributed by atoms with Gasteiger partial charge < -0.3 is 0 Å². The molecule has 0 saturated carbocycles. The Bertz CT molecular complexity index is 1760. The molecule has 6 rings (SSSR count). The molecule has 0 spiro atoms. The van der Waals surface area contributed by atoms with Gasteiger partial charge in [-0.2, -0.15) is 10.2 Å². The van der Waals surface area contributed by atoms with Crippen LogP contribution in [0.25, 0.3) is 0 Å². The zero-order valence-corrected chi connectivity index (χ0v) is 25.4. The van der Waals surface area contributed by atoms with Crippen LogP contribution >= 0.6 is 0 Å². The summed E-state index contributed by atoms with van der Waals surface area (Å²) in [4.78, 5) is 54.3. The van der Waals surface area contributed by atoms with Gasteiger partial charge in [-0.15, -0.1) is 0 Å². The number of pyridine rings is 2. The van der Waals surface area contributed by atoms with Gasteiger partial charge in [-0.1, -0.05) is 35.4 Å². The summed E-state index contributed by atoms with van der Waals surface area (Å²) in [7, 11) is 0. The number of aldehydes is 2. The van der Waals surface area contributed by atoms with E-state index < -0.39 is 0 Å². The number of anilines is 2. The Hall–Kier alpha value is -5.64. The van der Waals surface area contributed by atoms with Gasteiger partial charge in [-0.25, -0.2) is 0 Å². The summed E-state index contributed by atoms with van der Waals surface area (Å²) in [6.45, 7) is 4.01. The number of carbonyl (C=O) groups is 4. The Kier molecular flexibility index (Phi) is 10.5. The molecule has 0 bridgehead atoms. The van der Waals surface area contributed by atoms with E-state index in [1.165, 1.54) is 24.5 Å². The molecule has 2 N–H and O–H groups in total. The number of nitrogens with zero attached hydrogens (tertiary/aromatic N) is 4. The van der Waals surface area contributed by atoms with Gasteiger partial charge in [-0.3, -0.25) is 40.0 Å². The molecule has 4 aromatic rings. The van der Waals surface area contributed by atoms with Crippen LogP contribution in [0.4, 0.5) is 11.4 Å². The number of hydrogen-bond acceptors (Lipinski definition) is 10. The molecule has 0 unspecified atom stereocenters. The van der Waals surface area contributed by atoms with E-state index in [1.807, 2.05) is 62.4 Å². The van der Waals surface area contributed by atoms with Crippen molar-refractivity contribution in [2.75, 3.05) is 10.9 Å². The minimum absolute atomic E-state index is 0. The average Bonchev–Trinajstić information content (AvgIpc) is 3.06. The fourth-order valence-electron chi connectivity index (χ4n) is 4.31. The minimum atomic E-state index is -0.375. The smallest absolute Gasteiger partial charge is 0.215 e. The van der Waals surface area contributed by atoms with E-state index in [-0.39, 0.29) is 51.2 Å². The molecule has 2 heterocycles. The largest absolute Gasteiger partial charge is 0.298 e. The second-order valence-corrected chi connectivity index (χ2v) is 9.84. The van der Waals surface area contributed by atoms with E-state index in [0.29, 0.717) is 35.1 Å². The van der Waals surface area contributed by atoms with E-state index in [1.54, 1.807) is 24.3 Å². The number of allylic oxidation sites excluding steroid dienone is 4. The number of benzene rings is 2. The van der Waals surface area contributed by atoms with E-state index >= 15 is 0 Å². The number of aryl methyl sites for hydroxylation is 2. The number of ketones is 2. The van der Waals surface area contributed by atoms with Crippen LogP contribution in [0.2, 0.25) is 0 Å². The Morgan fingerprint density at radius 1 is 0.600 bits per heavy atom. The van der Waals surface area contributed by atoms with Gasteiger partial charge in [0.2, 0.25) is 11.6 Å². The van der Waals surface area contributed by atoms with E-state index in [4.69, 9.17) is 0 Å². The van der Waals surface area contributed by atoms with Crippen molar-refractivity contribution in [1.29, 1.82) is 0 Å². The third kappa shape index (κ3) is 7.48. The number of hydrogen-bond donors (Lipinski definition) is 2. The maximum atomic E-state index is 12.1. The van der Waals surface area contributed by atoms with E-state index in [2.05, 4.69) is 31.0 Å². The molecule has 45 heavy (non-hydrogen) atoms. The van der Waals surface area contributed by atoms with Crippen LogP contribution in [0.15, 0.2) is 119 Å². The molecule has 223 valence electrons. The summed E-state index contributed by atoms with van der Waals surface area (Å²) < 4.78 is 0. The SMILES string of the molecule is Cc1ccc(N/N=C2/C=C(C=O)C(=O)c3ncccc32)cc1.Cc1ccc(N/N=C2/C=C(C=O)C(=O)c3ncccc32)cc1.[Mn]. The molecule has 1 radical (unpaired) electrons. The van der Waals surface area contributed by atoms with Crippen LogP contribution in [0.1, 0.15) is 43.2 Å². The Morgan fingerprint density at radius 3 is 1.33 bits per heavy atom. The normalized spacial score (nSPS) is 14.9. The van der Waals surface area contributed by atoms with Crippen molar-refractivity contribution in [2.24, 2.45) is 10.2 Å². The van der Waals surface area contributed by atoms with Crippen LogP contribution in [0, 0.1) is 13.8 Å². The van der Waals surface area contributed by atoms with Crippen molar-refractivity contribution >= 4 is 46.9 Å². The van der Waals surface area contributed by atoms with Gasteiger partial charge in [-0.05, 0) is 74.5 Å². The van der Waals surface area contributed by atoms with E-state index in [9.17, 15) is 19.2 Å². The average molecular weight is 638 g/mol. The summed E-state index contributed by atoms with van der Waals surface area (Å²) >= 11 is 0. The van der Waals surface area contributed by atoms with Crippen LogP contribution < -0.4 is 10.9 Å². The first-order valence-electron chi connectivity index (χ1n) is 13.5. The van der Waals surface area contributed by atoms with Crippen molar-refractivity contribution in [2.45, 2.75) is 13.8 Å². The fourth-order valence-corrected chi connectivity index (χ4v) is 4.31. The van der Waals surface area contributed by atoms with Gasteiger partial charge in [0.1, 0.15) is 11.4 Å². The molecule has 11 heteroatoms. The number of hydrazone groups is 2. The topological polar surface area (TPSA) is 143 Å². The molecule has 0 atom stereocenters. The van der Waals surface area contributed by atoms with Crippen LogP contribution in [-0.2, 0) is 26.7 Å². The first kappa shape index (κ1) is 32.3. The molecule has 0 amide bonds. The molecule has 2 aliphatic carbocycles. The van der Waals surface area contributed by atoms with Crippen molar-refractivity contribution < 1.29 is 36.2 Å². The van der Waals surface area contributed by atoms with Gasteiger partial charge in [0.15, 0.2) is 12.6 Å². The van der Waals surface area contributed by atoms with Crippen molar-refractivity contribution in [3.63, 3.8) is 0 Å². The van der Waals surface area contributed by atoms with Crippen molar-refractivity contribution in [3.05, 3.63) is 142 Å². The van der Waals surface area contributed by atoms with Crippen LogP contribution in [-0.4, -0.2) is 45.5 Å². The molecule has 0 aliphatic heterocycles. The number of rotatable bonds is 6. The first-order chi connectivity index (χ1) is 21.4. The minimum Gasteiger partial charge on any atom is -0.298 e. The van der Waals surface area contributed by atoms with Gasteiger partial charge in [0.25, 0.3) is 0 Å². The molecule has 0 saturated heterocycles. The maximum absolute atomic E-state index is 12.1. The summed E-state index contributed by atoms with van der Waals surface area (Å²) in [6.07, 6.45) is 7.05. The zero-order chi connectivity index (χ0) is 31.1. The molecule has 2 aromatic carbocycles. The third-order valence-corrected chi connectivity index (χ3v) is 6.67. The number of aromatic nitrogens is 2. The van der Waals surface area contributed by atoms with Gasteiger partial charge >= 0.3 is 0 Å². The van der Waals surface area contributed by atoms with Crippen molar-refractivity contribution in [3.8, 4) is 0 Å². The second-order valence-electron chi connectivity index (χ2n) is 9.84. The maximum Gasteiger partial charge on any atom is 0.215 e. The molecule has 0 fully saturated rings. The first-order valence-corrected chi connectivity index (χ1v) is 13.5. The predicted octanol–water partition coefficient (Wildman–Crippen LogP) is 5.05. The zero-order valence-electron chi connectivity index (χ0n) is 24.2. The Labute approximate surface area is 269 Å². The number of fused-ring (bicyclic) bond motifs is 2. The summed E-state index contributed by atoms with van der Waals surface area (Å²) in [5.41, 5.74) is 12.6. The Morgan fingerprint density at radius 2 is 0.978 bits per heavy atom. The number of carbonyl (C=O) groups excluding carboxylic acids is 4. The van der Waals surface area contributed by atoms with Gasteiger partial charge in [0, 0.05) is 40.6 Å². The molecular weight excluding hydrogens is 611 g/mol. The summed E-state index contributed by atoms with van der Waals surface area (Å²) in [5.74, 6) is -0.750. The monoisotopic (exact) mass is 637 g/mol. The van der Waals surface area contributed by atoms with Crippen molar-refractivity contribution in [1.82, 2.24) is 9.97 Å². The van der Waals surface area contributed by atoms with Gasteiger partial charge in [0.05, 0.1) is 33.9 Å². The Balaban J connectivity index is 0.000000200. The predicted molar refractivity (Wildman–Crippen MR) is 168 cm³/mol.